The lowest BCUT2D eigenvalue weighted by atomic mass is 10.1. The van der Waals surface area contributed by atoms with Crippen LogP contribution in [0.25, 0.3) is 0 Å². The van der Waals surface area contributed by atoms with Crippen molar-refractivity contribution in [1.29, 1.82) is 0 Å². The molecule has 0 radical (unpaired) electrons. The monoisotopic (exact) mass is 354 g/mol. The second-order valence-corrected chi connectivity index (χ2v) is 7.38. The maximum absolute atomic E-state index is 11.5. The van der Waals surface area contributed by atoms with Crippen molar-refractivity contribution in [3.8, 4) is 0 Å². The van der Waals surface area contributed by atoms with Crippen molar-refractivity contribution in [2.75, 3.05) is 32.9 Å². The molecule has 8 heteroatoms. The first-order valence-corrected chi connectivity index (χ1v) is 9.76. The fourth-order valence-electron chi connectivity index (χ4n) is 1.94. The number of sulfone groups is 1. The SMILES string of the molecule is CCCNC(=O)CNC(=NC)NCCc1ccc(S(C)(=O)=O)cc1. The summed E-state index contributed by atoms with van der Waals surface area (Å²) in [5.74, 6) is 0.477. The number of hydrogen-bond acceptors (Lipinski definition) is 4. The van der Waals surface area contributed by atoms with Gasteiger partial charge in [0.2, 0.25) is 5.91 Å². The summed E-state index contributed by atoms with van der Waals surface area (Å²) in [5.41, 5.74) is 1.02. The van der Waals surface area contributed by atoms with Crippen LogP contribution >= 0.6 is 0 Å². The van der Waals surface area contributed by atoms with Crippen molar-refractivity contribution in [3.63, 3.8) is 0 Å². The third-order valence-corrected chi connectivity index (χ3v) is 4.40. The maximum atomic E-state index is 11.5. The average molecular weight is 354 g/mol. The predicted molar refractivity (Wildman–Crippen MR) is 95.9 cm³/mol. The van der Waals surface area contributed by atoms with Crippen molar-refractivity contribution in [2.45, 2.75) is 24.7 Å². The highest BCUT2D eigenvalue weighted by molar-refractivity contribution is 7.90. The van der Waals surface area contributed by atoms with Crippen molar-refractivity contribution in [1.82, 2.24) is 16.0 Å². The Morgan fingerprint density at radius 1 is 1.08 bits per heavy atom. The van der Waals surface area contributed by atoms with E-state index in [0.29, 0.717) is 30.4 Å². The molecule has 1 amide bonds. The standard InChI is InChI=1S/C16H26N4O3S/c1-4-10-18-15(21)12-20-16(17-2)19-11-9-13-5-7-14(8-6-13)24(3,22)23/h5-8H,4,9-12H2,1-3H3,(H,18,21)(H2,17,19,20). The Labute approximate surface area is 143 Å². The molecule has 0 saturated heterocycles. The van der Waals surface area contributed by atoms with E-state index in [9.17, 15) is 13.2 Å². The van der Waals surface area contributed by atoms with Gasteiger partial charge in [-0.3, -0.25) is 9.79 Å². The Balaban J connectivity index is 2.38. The molecule has 0 heterocycles. The molecule has 1 aromatic carbocycles. The van der Waals surface area contributed by atoms with Crippen LogP contribution in [0.4, 0.5) is 0 Å². The number of rotatable bonds is 8. The third-order valence-electron chi connectivity index (χ3n) is 3.27. The van der Waals surface area contributed by atoms with E-state index >= 15 is 0 Å². The smallest absolute Gasteiger partial charge is 0.239 e. The zero-order valence-corrected chi connectivity index (χ0v) is 15.2. The second-order valence-electron chi connectivity index (χ2n) is 5.37. The third kappa shape index (κ3) is 7.45. The number of hydrogen-bond donors (Lipinski definition) is 3. The normalized spacial score (nSPS) is 11.9. The largest absolute Gasteiger partial charge is 0.356 e. The van der Waals surface area contributed by atoms with Crippen LogP contribution in [-0.4, -0.2) is 53.2 Å². The van der Waals surface area contributed by atoms with E-state index in [-0.39, 0.29) is 12.5 Å². The van der Waals surface area contributed by atoms with Crippen molar-refractivity contribution in [3.05, 3.63) is 29.8 Å². The number of carbonyl (C=O) groups is 1. The highest BCUT2D eigenvalue weighted by atomic mass is 32.2. The van der Waals surface area contributed by atoms with Crippen LogP contribution in [0.3, 0.4) is 0 Å². The van der Waals surface area contributed by atoms with E-state index in [0.717, 1.165) is 12.0 Å². The Morgan fingerprint density at radius 3 is 2.29 bits per heavy atom. The number of guanidine groups is 1. The van der Waals surface area contributed by atoms with Gasteiger partial charge in [0.25, 0.3) is 0 Å². The Bertz CT molecular complexity index is 654. The van der Waals surface area contributed by atoms with Crippen LogP contribution in [0.15, 0.2) is 34.2 Å². The topological polar surface area (TPSA) is 99.7 Å². The van der Waals surface area contributed by atoms with Gasteiger partial charge in [-0.2, -0.15) is 0 Å². The van der Waals surface area contributed by atoms with Gasteiger partial charge in [-0.05, 0) is 30.5 Å². The molecule has 0 atom stereocenters. The van der Waals surface area contributed by atoms with Crippen LogP contribution in [-0.2, 0) is 21.1 Å². The molecule has 3 N–H and O–H groups in total. The maximum Gasteiger partial charge on any atom is 0.239 e. The lowest BCUT2D eigenvalue weighted by Gasteiger charge is -2.12. The fraction of sp³-hybridized carbons (Fsp3) is 0.500. The molecule has 24 heavy (non-hydrogen) atoms. The summed E-state index contributed by atoms with van der Waals surface area (Å²) in [7, 11) is -1.52. The van der Waals surface area contributed by atoms with E-state index in [2.05, 4.69) is 20.9 Å². The van der Waals surface area contributed by atoms with E-state index < -0.39 is 9.84 Å². The first kappa shape index (κ1) is 20.0. The van der Waals surface area contributed by atoms with Gasteiger partial charge in [-0.1, -0.05) is 19.1 Å². The van der Waals surface area contributed by atoms with Gasteiger partial charge < -0.3 is 16.0 Å². The molecule has 0 spiro atoms. The number of nitrogens with zero attached hydrogens (tertiary/aromatic N) is 1. The lowest BCUT2D eigenvalue weighted by molar-refractivity contribution is -0.120. The van der Waals surface area contributed by atoms with Crippen LogP contribution in [0, 0.1) is 0 Å². The van der Waals surface area contributed by atoms with Crippen molar-refractivity contribution >= 4 is 21.7 Å². The molecule has 0 bridgehead atoms. The minimum absolute atomic E-state index is 0.0730. The van der Waals surface area contributed by atoms with Gasteiger partial charge >= 0.3 is 0 Å². The summed E-state index contributed by atoms with van der Waals surface area (Å²) in [5, 5.41) is 8.83. The molecule has 1 aromatic rings. The molecule has 0 fully saturated rings. The molecule has 0 unspecified atom stereocenters. The van der Waals surface area contributed by atoms with Gasteiger partial charge in [-0.25, -0.2) is 8.42 Å². The summed E-state index contributed by atoms with van der Waals surface area (Å²) in [6.07, 6.45) is 2.81. The molecular formula is C16H26N4O3S. The van der Waals surface area contributed by atoms with Gasteiger partial charge in [0, 0.05) is 26.4 Å². The first-order chi connectivity index (χ1) is 11.4. The Morgan fingerprint density at radius 2 is 1.75 bits per heavy atom. The molecule has 1 rings (SSSR count). The second kappa shape index (κ2) is 9.92. The summed E-state index contributed by atoms with van der Waals surface area (Å²) in [6.45, 7) is 3.45. The minimum atomic E-state index is -3.16. The first-order valence-electron chi connectivity index (χ1n) is 7.87. The number of carbonyl (C=O) groups excluding carboxylic acids is 1. The summed E-state index contributed by atoms with van der Waals surface area (Å²) < 4.78 is 22.8. The molecule has 0 aromatic heterocycles. The molecule has 134 valence electrons. The highest BCUT2D eigenvalue weighted by Crippen LogP contribution is 2.10. The number of benzene rings is 1. The molecule has 0 aliphatic carbocycles. The van der Waals surface area contributed by atoms with Gasteiger partial charge in [0.15, 0.2) is 15.8 Å². The Hall–Kier alpha value is -2.09. The van der Waals surface area contributed by atoms with Crippen LogP contribution < -0.4 is 16.0 Å². The fourth-order valence-corrected chi connectivity index (χ4v) is 2.57. The highest BCUT2D eigenvalue weighted by Gasteiger charge is 2.06. The molecule has 7 nitrogen and oxygen atoms in total. The minimum Gasteiger partial charge on any atom is -0.356 e. The summed E-state index contributed by atoms with van der Waals surface area (Å²) in [4.78, 5) is 15.9. The molecular weight excluding hydrogens is 328 g/mol. The van der Waals surface area contributed by atoms with Crippen LogP contribution in [0.5, 0.6) is 0 Å². The summed E-state index contributed by atoms with van der Waals surface area (Å²) in [6, 6.07) is 6.81. The number of amides is 1. The average Bonchev–Trinajstić information content (AvgIpc) is 2.55. The molecule has 0 saturated carbocycles. The van der Waals surface area contributed by atoms with E-state index in [1.54, 1.807) is 31.3 Å². The van der Waals surface area contributed by atoms with Gasteiger partial charge in [-0.15, -0.1) is 0 Å². The van der Waals surface area contributed by atoms with Gasteiger partial charge in [0.05, 0.1) is 11.4 Å². The Kier molecular flexibility index (Phi) is 8.25. The van der Waals surface area contributed by atoms with Crippen LogP contribution in [0.1, 0.15) is 18.9 Å². The van der Waals surface area contributed by atoms with E-state index in [1.165, 1.54) is 6.26 Å². The van der Waals surface area contributed by atoms with Gasteiger partial charge in [0.1, 0.15) is 0 Å². The van der Waals surface area contributed by atoms with E-state index in [1.807, 2.05) is 6.92 Å². The van der Waals surface area contributed by atoms with E-state index in [4.69, 9.17) is 0 Å². The van der Waals surface area contributed by atoms with Crippen molar-refractivity contribution < 1.29 is 13.2 Å². The molecule has 0 aliphatic heterocycles. The quantitative estimate of drug-likeness (QED) is 0.461. The zero-order valence-electron chi connectivity index (χ0n) is 14.4. The number of nitrogens with one attached hydrogen (secondary N) is 3. The zero-order chi connectivity index (χ0) is 18.0. The van der Waals surface area contributed by atoms with Crippen LogP contribution in [0.2, 0.25) is 0 Å². The lowest BCUT2D eigenvalue weighted by Crippen LogP contribution is -2.43. The summed E-state index contributed by atoms with van der Waals surface area (Å²) >= 11 is 0. The number of aliphatic imine (C=N–C) groups is 1. The van der Waals surface area contributed by atoms with Crippen molar-refractivity contribution in [2.24, 2.45) is 4.99 Å². The molecule has 0 aliphatic rings. The predicted octanol–water partition coefficient (Wildman–Crippen LogP) is 0.324.